The lowest BCUT2D eigenvalue weighted by Gasteiger charge is -2.02. The highest BCUT2D eigenvalue weighted by Crippen LogP contribution is 2.22. The number of thioether (sulfide) groups is 2. The highest BCUT2D eigenvalue weighted by molar-refractivity contribution is 7.99. The molecule has 26 heavy (non-hydrogen) atoms. The lowest BCUT2D eigenvalue weighted by molar-refractivity contribution is -0.113. The number of carbonyl (C=O) groups is 1. The average Bonchev–Trinajstić information content (AvgIpc) is 3.06. The van der Waals surface area contributed by atoms with E-state index in [-0.39, 0.29) is 11.7 Å². The van der Waals surface area contributed by atoms with Crippen LogP contribution in [0.2, 0.25) is 0 Å². The molecule has 2 aromatic heterocycles. The largest absolute Gasteiger partial charge is 0.415 e. The summed E-state index contributed by atoms with van der Waals surface area (Å²) in [6.07, 6.45) is 0. The SMILES string of the molecule is Cc1cc(C)nc(SCc2nnc(SCC(=O)Nc3ccccc3)o2)n1. The van der Waals surface area contributed by atoms with Gasteiger partial charge in [-0.25, -0.2) is 9.97 Å². The molecule has 0 radical (unpaired) electrons. The van der Waals surface area contributed by atoms with E-state index in [9.17, 15) is 4.79 Å². The summed E-state index contributed by atoms with van der Waals surface area (Å²) in [5.41, 5.74) is 2.60. The Labute approximate surface area is 159 Å². The number of nitrogens with one attached hydrogen (secondary N) is 1. The summed E-state index contributed by atoms with van der Waals surface area (Å²) in [7, 11) is 0. The molecule has 7 nitrogen and oxygen atoms in total. The van der Waals surface area contributed by atoms with Gasteiger partial charge >= 0.3 is 0 Å². The van der Waals surface area contributed by atoms with Gasteiger partial charge in [0.05, 0.1) is 11.5 Å². The number of aryl methyl sites for hydroxylation is 2. The van der Waals surface area contributed by atoms with Crippen molar-refractivity contribution >= 4 is 35.1 Å². The van der Waals surface area contributed by atoms with Crippen molar-refractivity contribution in [2.45, 2.75) is 30.0 Å². The van der Waals surface area contributed by atoms with Crippen LogP contribution in [0.4, 0.5) is 5.69 Å². The van der Waals surface area contributed by atoms with Crippen LogP contribution in [0.15, 0.2) is 51.2 Å². The molecule has 1 amide bonds. The van der Waals surface area contributed by atoms with Gasteiger partial charge in [0.25, 0.3) is 5.22 Å². The van der Waals surface area contributed by atoms with E-state index < -0.39 is 0 Å². The van der Waals surface area contributed by atoms with Crippen LogP contribution in [0, 0.1) is 13.8 Å². The second-order valence-electron chi connectivity index (χ2n) is 5.39. The molecule has 0 saturated carbocycles. The molecule has 0 aliphatic rings. The fraction of sp³-hybridized carbons (Fsp3) is 0.235. The minimum atomic E-state index is -0.126. The van der Waals surface area contributed by atoms with Crippen LogP contribution in [-0.4, -0.2) is 31.8 Å². The molecule has 2 heterocycles. The predicted molar refractivity (Wildman–Crippen MR) is 101 cm³/mol. The third-order valence-electron chi connectivity index (χ3n) is 3.12. The van der Waals surface area contributed by atoms with Gasteiger partial charge in [0.1, 0.15) is 0 Å². The highest BCUT2D eigenvalue weighted by Gasteiger charge is 2.11. The van der Waals surface area contributed by atoms with Crippen LogP contribution >= 0.6 is 23.5 Å². The van der Waals surface area contributed by atoms with E-state index in [4.69, 9.17) is 4.42 Å². The number of nitrogens with zero attached hydrogens (tertiary/aromatic N) is 4. The third-order valence-corrected chi connectivity index (χ3v) is 4.77. The van der Waals surface area contributed by atoms with Crippen molar-refractivity contribution < 1.29 is 9.21 Å². The van der Waals surface area contributed by atoms with Crippen LogP contribution in [0.5, 0.6) is 0 Å². The summed E-state index contributed by atoms with van der Waals surface area (Å²) < 4.78 is 5.55. The first-order valence-corrected chi connectivity index (χ1v) is 9.81. The van der Waals surface area contributed by atoms with Crippen LogP contribution in [0.25, 0.3) is 0 Å². The number of rotatable bonds is 7. The van der Waals surface area contributed by atoms with Crippen molar-refractivity contribution in [2.75, 3.05) is 11.1 Å². The van der Waals surface area contributed by atoms with Gasteiger partial charge in [-0.15, -0.1) is 10.2 Å². The Morgan fingerprint density at radius 1 is 1.08 bits per heavy atom. The van der Waals surface area contributed by atoms with Gasteiger partial charge in [-0.1, -0.05) is 41.7 Å². The van der Waals surface area contributed by atoms with Gasteiger partial charge in [-0.2, -0.15) is 0 Å². The molecular weight excluding hydrogens is 370 g/mol. The van der Waals surface area contributed by atoms with Gasteiger partial charge in [0.15, 0.2) is 5.16 Å². The summed E-state index contributed by atoms with van der Waals surface area (Å²) in [6.45, 7) is 3.86. The van der Waals surface area contributed by atoms with E-state index >= 15 is 0 Å². The first kappa shape index (κ1) is 18.4. The van der Waals surface area contributed by atoms with Crippen molar-refractivity contribution in [1.29, 1.82) is 0 Å². The van der Waals surface area contributed by atoms with E-state index in [0.29, 0.717) is 22.0 Å². The number of amides is 1. The van der Waals surface area contributed by atoms with Crippen molar-refractivity contribution in [3.8, 4) is 0 Å². The maximum Gasteiger partial charge on any atom is 0.277 e. The topological polar surface area (TPSA) is 93.8 Å². The van der Waals surface area contributed by atoms with Crippen molar-refractivity contribution in [3.63, 3.8) is 0 Å². The van der Waals surface area contributed by atoms with E-state index in [1.54, 1.807) is 0 Å². The molecule has 9 heteroatoms. The van der Waals surface area contributed by atoms with Gasteiger partial charge in [-0.05, 0) is 32.0 Å². The Morgan fingerprint density at radius 3 is 2.54 bits per heavy atom. The predicted octanol–water partition coefficient (Wildman–Crippen LogP) is 3.50. The molecule has 0 aliphatic heterocycles. The zero-order valence-corrected chi connectivity index (χ0v) is 15.9. The molecule has 1 aromatic carbocycles. The fourth-order valence-corrected chi connectivity index (χ4v) is 3.45. The zero-order valence-electron chi connectivity index (χ0n) is 14.3. The Morgan fingerprint density at radius 2 is 1.81 bits per heavy atom. The maximum absolute atomic E-state index is 11.9. The van der Waals surface area contributed by atoms with Crippen molar-refractivity contribution in [1.82, 2.24) is 20.2 Å². The Hall–Kier alpha value is -2.39. The fourth-order valence-electron chi connectivity index (χ4n) is 2.09. The molecule has 3 aromatic rings. The molecule has 0 unspecified atom stereocenters. The smallest absolute Gasteiger partial charge is 0.277 e. The third kappa shape index (κ3) is 5.57. The van der Waals surface area contributed by atoms with Crippen LogP contribution in [0.1, 0.15) is 17.3 Å². The standard InChI is InChI=1S/C17H17N5O2S2/c1-11-8-12(2)19-16(18-11)25-10-15-21-22-17(24-15)26-9-14(23)20-13-6-4-3-5-7-13/h3-8H,9-10H2,1-2H3,(H,20,23). The molecule has 134 valence electrons. The summed E-state index contributed by atoms with van der Waals surface area (Å²) in [5, 5.41) is 11.8. The second kappa shape index (κ2) is 8.81. The van der Waals surface area contributed by atoms with Gasteiger partial charge in [0.2, 0.25) is 11.8 Å². The molecule has 3 rings (SSSR count). The molecule has 0 bridgehead atoms. The van der Waals surface area contributed by atoms with Gasteiger partial charge in [-0.3, -0.25) is 4.79 Å². The van der Waals surface area contributed by atoms with Crippen LogP contribution in [-0.2, 0) is 10.5 Å². The normalized spacial score (nSPS) is 10.7. The monoisotopic (exact) mass is 387 g/mol. The number of carbonyl (C=O) groups excluding carboxylic acids is 1. The number of aromatic nitrogens is 4. The molecule has 0 atom stereocenters. The first-order chi connectivity index (χ1) is 12.6. The number of hydrogen-bond acceptors (Lipinski definition) is 8. The van der Waals surface area contributed by atoms with Crippen LogP contribution < -0.4 is 5.32 Å². The molecule has 0 fully saturated rings. The second-order valence-corrected chi connectivity index (χ2v) is 7.26. The Bertz CT molecular complexity index is 866. The van der Waals surface area contributed by atoms with E-state index in [1.165, 1.54) is 23.5 Å². The number of hydrogen-bond donors (Lipinski definition) is 1. The molecular formula is C17H17N5O2S2. The highest BCUT2D eigenvalue weighted by atomic mass is 32.2. The lowest BCUT2D eigenvalue weighted by Crippen LogP contribution is -2.13. The van der Waals surface area contributed by atoms with E-state index in [1.807, 2.05) is 50.2 Å². The van der Waals surface area contributed by atoms with Crippen LogP contribution in [0.3, 0.4) is 0 Å². The first-order valence-electron chi connectivity index (χ1n) is 7.83. The lowest BCUT2D eigenvalue weighted by atomic mass is 10.3. The summed E-state index contributed by atoms with van der Waals surface area (Å²) in [4.78, 5) is 20.6. The number of anilines is 1. The number of para-hydroxylation sites is 1. The molecule has 0 aliphatic carbocycles. The summed E-state index contributed by atoms with van der Waals surface area (Å²) in [6, 6.07) is 11.2. The van der Waals surface area contributed by atoms with Gasteiger partial charge in [0, 0.05) is 17.1 Å². The van der Waals surface area contributed by atoms with Crippen molar-refractivity contribution in [2.24, 2.45) is 0 Å². The molecule has 1 N–H and O–H groups in total. The molecule has 0 spiro atoms. The minimum Gasteiger partial charge on any atom is -0.415 e. The number of benzene rings is 1. The minimum absolute atomic E-state index is 0.126. The van der Waals surface area contributed by atoms with Gasteiger partial charge < -0.3 is 9.73 Å². The summed E-state index contributed by atoms with van der Waals surface area (Å²) in [5.74, 6) is 1.03. The van der Waals surface area contributed by atoms with Crippen molar-refractivity contribution in [3.05, 3.63) is 53.7 Å². The maximum atomic E-state index is 11.9. The average molecular weight is 387 g/mol. The Balaban J connectivity index is 1.47. The Kier molecular flexibility index (Phi) is 6.24. The molecule has 0 saturated heterocycles. The summed E-state index contributed by atoms with van der Waals surface area (Å²) >= 11 is 2.64. The van der Waals surface area contributed by atoms with E-state index in [0.717, 1.165) is 17.1 Å². The van der Waals surface area contributed by atoms with E-state index in [2.05, 4.69) is 25.5 Å². The quantitative estimate of drug-likeness (QED) is 0.486. The zero-order chi connectivity index (χ0) is 18.4.